The van der Waals surface area contributed by atoms with E-state index in [-0.39, 0.29) is 13.2 Å². The van der Waals surface area contributed by atoms with E-state index in [1.54, 1.807) is 0 Å². The van der Waals surface area contributed by atoms with E-state index in [1.807, 2.05) is 0 Å². The number of carboxylic acid groups (broad SMARTS) is 2. The molecule has 2 fully saturated rings. The van der Waals surface area contributed by atoms with E-state index < -0.39 is 48.3 Å². The van der Waals surface area contributed by atoms with E-state index in [0.29, 0.717) is 12.2 Å². The van der Waals surface area contributed by atoms with Crippen LogP contribution in [-0.2, 0) is 38.1 Å². The second kappa shape index (κ2) is 7.70. The number of hydrogen-bond acceptors (Lipinski definition) is 8. The molecule has 24 heavy (non-hydrogen) atoms. The van der Waals surface area contributed by atoms with Crippen LogP contribution in [0.2, 0.25) is 0 Å². The van der Waals surface area contributed by atoms with Crippen molar-refractivity contribution in [2.24, 2.45) is 0 Å². The van der Waals surface area contributed by atoms with Crippen LogP contribution in [0.15, 0.2) is 24.3 Å². The predicted octanol–water partition coefficient (Wildman–Crippen LogP) is -1.11. The normalized spacial score (nSPS) is 28.8. The highest BCUT2D eigenvalue weighted by Gasteiger charge is 2.50. The molecule has 10 heteroatoms. The zero-order valence-electron chi connectivity index (χ0n) is 12.2. The Morgan fingerprint density at radius 2 is 1.12 bits per heavy atom. The summed E-state index contributed by atoms with van der Waals surface area (Å²) in [6.07, 6.45) is -0.0348. The highest BCUT2D eigenvalue weighted by atomic mass is 16.7. The zero-order valence-corrected chi connectivity index (χ0v) is 12.2. The van der Waals surface area contributed by atoms with Crippen LogP contribution in [0.3, 0.4) is 0 Å². The van der Waals surface area contributed by atoms with Gasteiger partial charge in [0, 0.05) is 24.3 Å². The molecule has 2 aliphatic heterocycles. The Hall–Kier alpha value is -2.72. The van der Waals surface area contributed by atoms with E-state index in [0.717, 1.165) is 12.2 Å². The lowest BCUT2D eigenvalue weighted by Crippen LogP contribution is -2.35. The van der Waals surface area contributed by atoms with Gasteiger partial charge in [-0.1, -0.05) is 0 Å². The molecular weight excluding hydrogens is 328 g/mol. The van der Waals surface area contributed by atoms with Crippen LogP contribution in [-0.4, -0.2) is 71.7 Å². The second-order valence-corrected chi connectivity index (χ2v) is 4.89. The van der Waals surface area contributed by atoms with Crippen molar-refractivity contribution in [1.29, 1.82) is 0 Å². The minimum atomic E-state index is -1.29. The van der Waals surface area contributed by atoms with Gasteiger partial charge in [-0.15, -0.1) is 0 Å². The third-order valence-corrected chi connectivity index (χ3v) is 3.22. The van der Waals surface area contributed by atoms with Crippen molar-refractivity contribution in [3.05, 3.63) is 24.3 Å². The van der Waals surface area contributed by atoms with Crippen LogP contribution in [0.1, 0.15) is 0 Å². The average molecular weight is 342 g/mol. The minimum absolute atomic E-state index is 0.000993. The first-order chi connectivity index (χ1) is 11.4. The van der Waals surface area contributed by atoms with Gasteiger partial charge in [-0.3, -0.25) is 0 Å². The maximum Gasteiger partial charge on any atom is 0.331 e. The van der Waals surface area contributed by atoms with Gasteiger partial charge in [-0.25, -0.2) is 19.2 Å². The zero-order chi connectivity index (χ0) is 17.7. The molecule has 4 atom stereocenters. The highest BCUT2D eigenvalue weighted by molar-refractivity contribution is 5.91. The van der Waals surface area contributed by atoms with E-state index in [9.17, 15) is 19.2 Å². The molecule has 0 aromatic rings. The van der Waals surface area contributed by atoms with E-state index >= 15 is 0 Å². The number of rotatable bonds is 6. The molecule has 2 aliphatic rings. The molecule has 0 aromatic carbocycles. The lowest BCUT2D eigenvalue weighted by molar-refractivity contribution is -0.149. The molecule has 2 N–H and O–H groups in total. The van der Waals surface area contributed by atoms with Crippen molar-refractivity contribution >= 4 is 23.9 Å². The maximum atomic E-state index is 11.5. The molecule has 0 bridgehead atoms. The fourth-order valence-electron chi connectivity index (χ4n) is 2.29. The summed E-state index contributed by atoms with van der Waals surface area (Å²) in [5, 5.41) is 16.9. The fourth-order valence-corrected chi connectivity index (χ4v) is 2.29. The molecule has 130 valence electrons. The van der Waals surface area contributed by atoms with Crippen molar-refractivity contribution in [3.8, 4) is 0 Å². The Balaban J connectivity index is 1.87. The largest absolute Gasteiger partial charge is 0.478 e. The van der Waals surface area contributed by atoms with Crippen molar-refractivity contribution in [1.82, 2.24) is 0 Å². The van der Waals surface area contributed by atoms with Gasteiger partial charge in [0.05, 0.1) is 13.2 Å². The molecule has 2 saturated heterocycles. The number of ether oxygens (including phenoxy) is 4. The first-order valence-electron chi connectivity index (χ1n) is 6.83. The van der Waals surface area contributed by atoms with Crippen molar-refractivity contribution in [3.63, 3.8) is 0 Å². The van der Waals surface area contributed by atoms with Crippen LogP contribution in [0.4, 0.5) is 0 Å². The third kappa shape index (κ3) is 4.64. The van der Waals surface area contributed by atoms with Gasteiger partial charge >= 0.3 is 23.9 Å². The van der Waals surface area contributed by atoms with Gasteiger partial charge in [-0.05, 0) is 0 Å². The van der Waals surface area contributed by atoms with E-state index in [4.69, 9.17) is 29.2 Å². The fraction of sp³-hybridized carbons (Fsp3) is 0.429. The Labute approximate surface area is 135 Å². The summed E-state index contributed by atoms with van der Waals surface area (Å²) in [6.45, 7) is 0.00199. The molecular formula is C14H14O10. The number of hydrogen-bond donors (Lipinski definition) is 2. The maximum absolute atomic E-state index is 11.5. The van der Waals surface area contributed by atoms with Gasteiger partial charge in [0.2, 0.25) is 0 Å². The Morgan fingerprint density at radius 3 is 1.46 bits per heavy atom. The Morgan fingerprint density at radius 1 is 0.750 bits per heavy atom. The summed E-state index contributed by atoms with van der Waals surface area (Å²) in [5.41, 5.74) is 0. The van der Waals surface area contributed by atoms with E-state index in [2.05, 4.69) is 0 Å². The molecule has 0 amide bonds. The van der Waals surface area contributed by atoms with Crippen LogP contribution >= 0.6 is 0 Å². The quantitative estimate of drug-likeness (QED) is 0.450. The number of esters is 2. The van der Waals surface area contributed by atoms with Gasteiger partial charge in [0.15, 0.2) is 12.2 Å². The number of carboxylic acids is 2. The van der Waals surface area contributed by atoms with Crippen molar-refractivity contribution < 1.29 is 48.3 Å². The highest BCUT2D eigenvalue weighted by Crippen LogP contribution is 2.30. The SMILES string of the molecule is O=C(O)C=CC(=O)O[C@H]1CO[C@H]2[C@@H]1OC[C@@H]2OC(=O)C=CC(=O)O. The van der Waals surface area contributed by atoms with Crippen molar-refractivity contribution in [2.45, 2.75) is 24.4 Å². The first-order valence-corrected chi connectivity index (χ1v) is 6.83. The summed E-state index contributed by atoms with van der Waals surface area (Å²) >= 11 is 0. The standard InChI is InChI=1S/C14H14O10/c15-9(16)1-3-11(19)23-7-5-21-14-8(6-22-13(7)14)24-12(20)4-2-10(17)18/h1-4,7-8,13-14H,5-6H2,(H,15,16)(H,17,18)/t7-,8-,13+,14+/m0/s1. The molecule has 2 heterocycles. The molecule has 0 unspecified atom stereocenters. The number of carbonyl (C=O) groups excluding carboxylic acids is 2. The smallest absolute Gasteiger partial charge is 0.331 e. The molecule has 10 nitrogen and oxygen atoms in total. The number of fused-ring (bicyclic) bond motifs is 1. The van der Waals surface area contributed by atoms with Crippen LogP contribution < -0.4 is 0 Å². The molecule has 0 aliphatic carbocycles. The van der Waals surface area contributed by atoms with E-state index in [1.165, 1.54) is 0 Å². The summed E-state index contributed by atoms with van der Waals surface area (Å²) < 4.78 is 20.9. The third-order valence-electron chi connectivity index (χ3n) is 3.22. The predicted molar refractivity (Wildman–Crippen MR) is 72.8 cm³/mol. The van der Waals surface area contributed by atoms with Crippen LogP contribution in [0.25, 0.3) is 0 Å². The summed E-state index contributed by atoms with van der Waals surface area (Å²) in [4.78, 5) is 43.6. The Kier molecular flexibility index (Phi) is 5.66. The average Bonchev–Trinajstić information content (AvgIpc) is 3.07. The number of aliphatic carboxylic acids is 2. The van der Waals surface area contributed by atoms with Gasteiger partial charge in [0.25, 0.3) is 0 Å². The topological polar surface area (TPSA) is 146 Å². The van der Waals surface area contributed by atoms with Gasteiger partial charge in [0.1, 0.15) is 12.2 Å². The van der Waals surface area contributed by atoms with Crippen molar-refractivity contribution in [2.75, 3.05) is 13.2 Å². The summed E-state index contributed by atoms with van der Waals surface area (Å²) in [5.74, 6) is -4.29. The van der Waals surface area contributed by atoms with Gasteiger partial charge < -0.3 is 29.2 Å². The molecule has 0 spiro atoms. The Bertz CT molecular complexity index is 540. The molecule has 0 radical (unpaired) electrons. The lowest BCUT2D eigenvalue weighted by atomic mass is 10.1. The number of carbonyl (C=O) groups is 4. The molecule has 0 saturated carbocycles. The summed E-state index contributed by atoms with van der Waals surface area (Å²) in [6, 6.07) is 0. The first kappa shape index (κ1) is 17.6. The van der Waals surface area contributed by atoms with Crippen LogP contribution in [0.5, 0.6) is 0 Å². The lowest BCUT2D eigenvalue weighted by Gasteiger charge is -2.16. The molecule has 2 rings (SSSR count). The van der Waals surface area contributed by atoms with Gasteiger partial charge in [-0.2, -0.15) is 0 Å². The second-order valence-electron chi connectivity index (χ2n) is 4.89. The summed E-state index contributed by atoms with van der Waals surface area (Å²) in [7, 11) is 0. The van der Waals surface area contributed by atoms with Crippen LogP contribution in [0, 0.1) is 0 Å². The minimum Gasteiger partial charge on any atom is -0.478 e. The monoisotopic (exact) mass is 342 g/mol. The molecule has 0 aromatic heterocycles.